The SMILES string of the molecule is [2H]C([2H])([2H])C(c1nc(CN(C)C(=O)N[C@H](C(=O)O)C(C)C)cs1)C([2H])([2H])[2H]. The molecule has 1 rings (SSSR count). The van der Waals surface area contributed by atoms with Crippen LogP contribution in [0, 0.1) is 5.92 Å². The zero-order chi connectivity index (χ0) is 21.2. The maximum atomic E-state index is 12.2. The van der Waals surface area contributed by atoms with Gasteiger partial charge in [-0.15, -0.1) is 11.3 Å². The third kappa shape index (κ3) is 5.00. The second-order valence-electron chi connectivity index (χ2n) is 4.98. The van der Waals surface area contributed by atoms with E-state index in [9.17, 15) is 9.59 Å². The van der Waals surface area contributed by atoms with Gasteiger partial charge in [-0.3, -0.25) is 0 Å². The normalized spacial score (nSPS) is 18.0. The molecule has 0 spiro atoms. The molecule has 0 aliphatic heterocycles. The highest BCUT2D eigenvalue weighted by Crippen LogP contribution is 2.19. The number of carbonyl (C=O) groups is 2. The smallest absolute Gasteiger partial charge is 0.326 e. The van der Waals surface area contributed by atoms with Gasteiger partial charge in [0, 0.05) is 26.6 Å². The number of hydrogen-bond acceptors (Lipinski definition) is 4. The van der Waals surface area contributed by atoms with Crippen molar-refractivity contribution in [1.82, 2.24) is 15.2 Å². The number of nitrogens with zero attached hydrogens (tertiary/aromatic N) is 2. The monoisotopic (exact) mass is 319 g/mol. The number of carboxylic acid groups (broad SMARTS) is 1. The van der Waals surface area contributed by atoms with Crippen molar-refractivity contribution in [1.29, 1.82) is 0 Å². The second kappa shape index (κ2) is 7.40. The molecule has 2 amide bonds. The first kappa shape index (κ1) is 10.2. The zero-order valence-corrected chi connectivity index (χ0v) is 12.9. The number of carboxylic acids is 1. The Morgan fingerprint density at radius 2 is 2.19 bits per heavy atom. The van der Waals surface area contributed by atoms with Crippen molar-refractivity contribution in [2.24, 2.45) is 5.92 Å². The summed E-state index contributed by atoms with van der Waals surface area (Å²) in [6.45, 7) is -2.18. The fourth-order valence-electron chi connectivity index (χ4n) is 1.60. The number of thiazole rings is 1. The van der Waals surface area contributed by atoms with Crippen molar-refractivity contribution in [3.63, 3.8) is 0 Å². The largest absolute Gasteiger partial charge is 0.480 e. The van der Waals surface area contributed by atoms with E-state index in [1.54, 1.807) is 13.8 Å². The van der Waals surface area contributed by atoms with Crippen LogP contribution in [-0.2, 0) is 11.3 Å². The van der Waals surface area contributed by atoms with E-state index in [1.807, 2.05) is 0 Å². The van der Waals surface area contributed by atoms with E-state index in [0.717, 1.165) is 11.3 Å². The van der Waals surface area contributed by atoms with E-state index in [4.69, 9.17) is 13.3 Å². The Balaban J connectivity index is 2.89. The van der Waals surface area contributed by atoms with Gasteiger partial charge >= 0.3 is 12.0 Å². The molecule has 0 radical (unpaired) electrons. The minimum atomic E-state index is -2.74. The van der Waals surface area contributed by atoms with Gasteiger partial charge in [-0.25, -0.2) is 14.6 Å². The van der Waals surface area contributed by atoms with Crippen LogP contribution in [0.15, 0.2) is 5.38 Å². The van der Waals surface area contributed by atoms with Crippen molar-refractivity contribution in [3.05, 3.63) is 16.1 Å². The lowest BCUT2D eigenvalue weighted by Crippen LogP contribution is -2.48. The number of rotatable bonds is 6. The number of amides is 2. The van der Waals surface area contributed by atoms with Crippen LogP contribution in [0.5, 0.6) is 0 Å². The van der Waals surface area contributed by atoms with Gasteiger partial charge in [0.1, 0.15) is 6.04 Å². The van der Waals surface area contributed by atoms with Gasteiger partial charge in [0.25, 0.3) is 0 Å². The van der Waals surface area contributed by atoms with Gasteiger partial charge in [0.2, 0.25) is 0 Å². The van der Waals surface area contributed by atoms with Crippen LogP contribution in [0.4, 0.5) is 4.79 Å². The average Bonchev–Trinajstić information content (AvgIpc) is 2.87. The van der Waals surface area contributed by atoms with Gasteiger partial charge in [-0.2, -0.15) is 0 Å². The molecular formula is C14H23N3O3S. The summed E-state index contributed by atoms with van der Waals surface area (Å²) in [5.41, 5.74) is 0.322. The molecule has 118 valence electrons. The number of aromatic nitrogens is 1. The summed E-state index contributed by atoms with van der Waals surface area (Å²) in [5, 5.41) is 13.0. The van der Waals surface area contributed by atoms with Crippen LogP contribution >= 0.6 is 11.3 Å². The predicted molar refractivity (Wildman–Crippen MR) is 82.5 cm³/mol. The third-order valence-electron chi connectivity index (χ3n) is 2.77. The number of aliphatic carboxylic acids is 1. The van der Waals surface area contributed by atoms with Crippen LogP contribution in [-0.4, -0.2) is 40.1 Å². The maximum Gasteiger partial charge on any atom is 0.326 e. The summed E-state index contributed by atoms with van der Waals surface area (Å²) in [7, 11) is 1.43. The molecular weight excluding hydrogens is 290 g/mol. The summed E-state index contributed by atoms with van der Waals surface area (Å²) in [4.78, 5) is 28.6. The minimum absolute atomic E-state index is 0.0263. The van der Waals surface area contributed by atoms with Gasteiger partial charge in [0.05, 0.1) is 17.2 Å². The van der Waals surface area contributed by atoms with Crippen molar-refractivity contribution in [2.75, 3.05) is 7.05 Å². The highest BCUT2D eigenvalue weighted by Gasteiger charge is 2.25. The summed E-state index contributed by atoms with van der Waals surface area (Å²) in [5.74, 6) is -3.17. The molecule has 0 aliphatic rings. The van der Waals surface area contributed by atoms with E-state index in [1.165, 1.54) is 17.3 Å². The summed E-state index contributed by atoms with van der Waals surface area (Å²) < 4.78 is 44.8. The van der Waals surface area contributed by atoms with E-state index in [0.29, 0.717) is 5.69 Å². The number of nitrogens with one attached hydrogen (secondary N) is 1. The third-order valence-corrected chi connectivity index (χ3v) is 3.73. The van der Waals surface area contributed by atoms with E-state index >= 15 is 0 Å². The van der Waals surface area contributed by atoms with Gasteiger partial charge in [-0.1, -0.05) is 27.6 Å². The van der Waals surface area contributed by atoms with Gasteiger partial charge in [0.15, 0.2) is 0 Å². The lowest BCUT2D eigenvalue weighted by Gasteiger charge is -2.22. The van der Waals surface area contributed by atoms with E-state index < -0.39 is 37.7 Å². The van der Waals surface area contributed by atoms with Crippen molar-refractivity contribution >= 4 is 23.3 Å². The standard InChI is InChI=1S/C14H23N3O3S/c1-8(2)11(13(18)19)16-14(20)17(5)6-10-7-21-12(15-10)9(3)4/h7-9,11H,6H2,1-5H3,(H,16,20)(H,18,19)/t11-/m0/s1/i3D3,4D3. The van der Waals surface area contributed by atoms with Crippen LogP contribution in [0.2, 0.25) is 0 Å². The molecule has 6 nitrogen and oxygen atoms in total. The van der Waals surface area contributed by atoms with Crippen molar-refractivity contribution in [3.8, 4) is 0 Å². The van der Waals surface area contributed by atoms with Crippen molar-refractivity contribution < 1.29 is 22.9 Å². The molecule has 0 aromatic carbocycles. The van der Waals surface area contributed by atoms with Gasteiger partial charge < -0.3 is 15.3 Å². The highest BCUT2D eigenvalue weighted by molar-refractivity contribution is 7.09. The minimum Gasteiger partial charge on any atom is -0.480 e. The Morgan fingerprint density at radius 3 is 2.71 bits per heavy atom. The van der Waals surface area contributed by atoms with Crippen molar-refractivity contribution in [2.45, 2.75) is 46.1 Å². The first-order valence-electron chi connectivity index (χ1n) is 9.33. The Hall–Kier alpha value is -1.63. The highest BCUT2D eigenvalue weighted by atomic mass is 32.1. The van der Waals surface area contributed by atoms with Crippen LogP contribution < -0.4 is 5.32 Å². The molecule has 0 fully saturated rings. The van der Waals surface area contributed by atoms with Crippen LogP contribution in [0.3, 0.4) is 0 Å². The van der Waals surface area contributed by atoms with Gasteiger partial charge in [-0.05, 0) is 5.92 Å². The molecule has 21 heavy (non-hydrogen) atoms. The first-order valence-corrected chi connectivity index (χ1v) is 7.21. The molecule has 0 saturated carbocycles. The summed E-state index contributed by atoms with van der Waals surface area (Å²) >= 11 is 0.905. The Labute approximate surface area is 137 Å². The quantitative estimate of drug-likeness (QED) is 0.844. The average molecular weight is 319 g/mol. The zero-order valence-electron chi connectivity index (χ0n) is 18.1. The van der Waals surface area contributed by atoms with E-state index in [-0.39, 0.29) is 17.5 Å². The Bertz CT molecular complexity index is 660. The number of urea groups is 1. The fraction of sp³-hybridized carbons (Fsp3) is 0.643. The Morgan fingerprint density at radius 1 is 1.52 bits per heavy atom. The van der Waals surface area contributed by atoms with Crippen LogP contribution in [0.1, 0.15) is 52.4 Å². The molecule has 1 atom stereocenters. The molecule has 1 aromatic heterocycles. The Kier molecular flexibility index (Phi) is 3.58. The topological polar surface area (TPSA) is 82.5 Å². The van der Waals surface area contributed by atoms with Crippen LogP contribution in [0.25, 0.3) is 0 Å². The first-order chi connectivity index (χ1) is 12.1. The summed E-state index contributed by atoms with van der Waals surface area (Å²) in [6.07, 6.45) is 0. The second-order valence-corrected chi connectivity index (χ2v) is 5.87. The fourth-order valence-corrected chi connectivity index (χ4v) is 2.29. The molecule has 1 heterocycles. The molecule has 7 heteroatoms. The lowest BCUT2D eigenvalue weighted by atomic mass is 10.1. The molecule has 2 N–H and O–H groups in total. The number of hydrogen-bond donors (Lipinski definition) is 2. The number of carbonyl (C=O) groups excluding carboxylic acids is 1. The molecule has 0 saturated heterocycles. The van der Waals surface area contributed by atoms with E-state index in [2.05, 4.69) is 10.3 Å². The predicted octanol–water partition coefficient (Wildman–Crippen LogP) is 2.52. The molecule has 1 aromatic rings. The lowest BCUT2D eigenvalue weighted by molar-refractivity contribution is -0.140. The molecule has 0 bridgehead atoms. The molecule has 0 unspecified atom stereocenters. The molecule has 0 aliphatic carbocycles. The maximum absolute atomic E-state index is 12.2. The summed E-state index contributed by atoms with van der Waals surface area (Å²) in [6, 6.07) is -1.68.